The van der Waals surface area contributed by atoms with E-state index in [9.17, 15) is 4.79 Å². The largest absolute Gasteiger partial charge is 0.334 e. The van der Waals surface area contributed by atoms with E-state index in [2.05, 4.69) is 10.1 Å². The number of aromatic nitrogens is 3. The van der Waals surface area contributed by atoms with Crippen LogP contribution < -0.4 is 5.73 Å². The third-order valence-corrected chi connectivity index (χ3v) is 3.92. The molecule has 3 heterocycles. The highest BCUT2D eigenvalue weighted by Gasteiger charge is 2.30. The van der Waals surface area contributed by atoms with Gasteiger partial charge < -0.3 is 10.6 Å². The predicted molar refractivity (Wildman–Crippen MR) is 75.6 cm³/mol. The molecule has 1 aliphatic rings. The number of carbonyl (C=O) groups is 1. The number of aryl methyl sites for hydroxylation is 2. The van der Waals surface area contributed by atoms with E-state index in [1.807, 2.05) is 24.8 Å². The molecule has 3 rings (SSSR count). The molecule has 1 amide bonds. The van der Waals surface area contributed by atoms with Crippen LogP contribution in [0, 0.1) is 13.8 Å². The Bertz CT molecular complexity index is 663. The lowest BCUT2D eigenvalue weighted by atomic mass is 10.2. The molecule has 20 heavy (non-hydrogen) atoms. The average Bonchev–Trinajstić information content (AvgIpc) is 3.03. The van der Waals surface area contributed by atoms with Gasteiger partial charge in [0.05, 0.1) is 6.20 Å². The lowest BCUT2D eigenvalue weighted by molar-refractivity contribution is 0.0743. The van der Waals surface area contributed by atoms with Crippen molar-refractivity contribution in [3.8, 4) is 0 Å². The Labute approximate surface area is 117 Å². The minimum absolute atomic E-state index is 0.00884. The summed E-state index contributed by atoms with van der Waals surface area (Å²) in [4.78, 5) is 19.0. The standard InChI is InChI=1S/C14H19N5O/c1-9-6-10(2)19-13(17-9)12(8-16-19)14(20)18-5-3-4-11(18)7-15/h6,8,11H,3-5,7,15H2,1-2H3. The molecule has 2 aromatic heterocycles. The van der Waals surface area contributed by atoms with Gasteiger partial charge >= 0.3 is 0 Å². The molecular weight excluding hydrogens is 254 g/mol. The van der Waals surface area contributed by atoms with Crippen LogP contribution >= 0.6 is 0 Å². The second-order valence-electron chi connectivity index (χ2n) is 5.36. The number of likely N-dealkylation sites (tertiary alicyclic amines) is 1. The van der Waals surface area contributed by atoms with E-state index in [1.165, 1.54) is 0 Å². The minimum atomic E-state index is -0.00884. The Kier molecular flexibility index (Phi) is 3.17. The summed E-state index contributed by atoms with van der Waals surface area (Å²) in [6.45, 7) is 5.16. The van der Waals surface area contributed by atoms with Crippen LogP contribution in [0.25, 0.3) is 5.65 Å². The maximum absolute atomic E-state index is 12.7. The van der Waals surface area contributed by atoms with Crippen molar-refractivity contribution in [1.29, 1.82) is 0 Å². The molecule has 2 N–H and O–H groups in total. The van der Waals surface area contributed by atoms with Gasteiger partial charge in [-0.3, -0.25) is 4.79 Å². The summed E-state index contributed by atoms with van der Waals surface area (Å²) in [5.74, 6) is -0.00884. The van der Waals surface area contributed by atoms with E-state index in [-0.39, 0.29) is 11.9 Å². The average molecular weight is 273 g/mol. The smallest absolute Gasteiger partial charge is 0.259 e. The van der Waals surface area contributed by atoms with Crippen LogP contribution in [0.2, 0.25) is 0 Å². The van der Waals surface area contributed by atoms with Crippen LogP contribution in [0.4, 0.5) is 0 Å². The summed E-state index contributed by atoms with van der Waals surface area (Å²) >= 11 is 0. The van der Waals surface area contributed by atoms with Crippen molar-refractivity contribution in [3.05, 3.63) is 29.2 Å². The van der Waals surface area contributed by atoms with Crippen molar-refractivity contribution in [3.63, 3.8) is 0 Å². The quantitative estimate of drug-likeness (QED) is 0.882. The first-order valence-corrected chi connectivity index (χ1v) is 6.95. The molecule has 0 radical (unpaired) electrons. The molecule has 6 heteroatoms. The van der Waals surface area contributed by atoms with Gasteiger partial charge in [-0.1, -0.05) is 0 Å². The van der Waals surface area contributed by atoms with Crippen LogP contribution in [-0.4, -0.2) is 44.5 Å². The van der Waals surface area contributed by atoms with E-state index in [1.54, 1.807) is 10.7 Å². The Morgan fingerprint density at radius 1 is 1.50 bits per heavy atom. The number of fused-ring (bicyclic) bond motifs is 1. The van der Waals surface area contributed by atoms with Gasteiger partial charge in [-0.15, -0.1) is 0 Å². The van der Waals surface area contributed by atoms with Crippen LogP contribution in [0.1, 0.15) is 34.6 Å². The molecule has 0 spiro atoms. The molecule has 1 atom stereocenters. The Balaban J connectivity index is 2.04. The molecule has 0 saturated carbocycles. The summed E-state index contributed by atoms with van der Waals surface area (Å²) in [7, 11) is 0. The molecule has 6 nitrogen and oxygen atoms in total. The summed E-state index contributed by atoms with van der Waals surface area (Å²) in [6.07, 6.45) is 3.61. The number of amides is 1. The first kappa shape index (κ1) is 13.1. The number of nitrogens with two attached hydrogens (primary N) is 1. The van der Waals surface area contributed by atoms with Crippen molar-refractivity contribution in [2.45, 2.75) is 32.7 Å². The monoisotopic (exact) mass is 273 g/mol. The zero-order chi connectivity index (χ0) is 14.3. The molecule has 1 aliphatic heterocycles. The van der Waals surface area contributed by atoms with Gasteiger partial charge in [-0.05, 0) is 32.8 Å². The normalized spacial score (nSPS) is 18.9. The molecule has 1 unspecified atom stereocenters. The van der Waals surface area contributed by atoms with Crippen molar-refractivity contribution < 1.29 is 4.79 Å². The fourth-order valence-corrected chi connectivity index (χ4v) is 2.92. The molecule has 0 aromatic carbocycles. The predicted octanol–water partition coefficient (Wildman–Crippen LogP) is 0.909. The zero-order valence-electron chi connectivity index (χ0n) is 11.8. The molecule has 106 valence electrons. The van der Waals surface area contributed by atoms with Gasteiger partial charge in [0.15, 0.2) is 5.65 Å². The van der Waals surface area contributed by atoms with Crippen LogP contribution in [0.5, 0.6) is 0 Å². The maximum Gasteiger partial charge on any atom is 0.259 e. The maximum atomic E-state index is 12.7. The van der Waals surface area contributed by atoms with Crippen LogP contribution in [0.15, 0.2) is 12.3 Å². The molecule has 2 aromatic rings. The first-order valence-electron chi connectivity index (χ1n) is 6.95. The second kappa shape index (κ2) is 4.86. The fraction of sp³-hybridized carbons (Fsp3) is 0.500. The zero-order valence-corrected chi connectivity index (χ0v) is 11.8. The van der Waals surface area contributed by atoms with Crippen molar-refractivity contribution in [1.82, 2.24) is 19.5 Å². The summed E-state index contributed by atoms with van der Waals surface area (Å²) in [5.41, 5.74) is 8.81. The van der Waals surface area contributed by atoms with E-state index in [0.29, 0.717) is 17.8 Å². The molecule has 0 bridgehead atoms. The van der Waals surface area contributed by atoms with Gasteiger partial charge in [0, 0.05) is 30.5 Å². The lowest BCUT2D eigenvalue weighted by Gasteiger charge is -2.22. The molecular formula is C14H19N5O. The highest BCUT2D eigenvalue weighted by molar-refractivity contribution is 6.00. The SMILES string of the molecule is Cc1cc(C)n2ncc(C(=O)N3CCCC3CN)c2n1. The van der Waals surface area contributed by atoms with Gasteiger partial charge in [0.1, 0.15) is 5.56 Å². The summed E-state index contributed by atoms with van der Waals surface area (Å²) < 4.78 is 1.72. The second-order valence-corrected chi connectivity index (χ2v) is 5.36. The van der Waals surface area contributed by atoms with Crippen molar-refractivity contribution in [2.75, 3.05) is 13.1 Å². The number of rotatable bonds is 2. The number of hydrogen-bond acceptors (Lipinski definition) is 4. The van der Waals surface area contributed by atoms with Gasteiger partial charge in [-0.25, -0.2) is 9.50 Å². The summed E-state index contributed by atoms with van der Waals surface area (Å²) in [5, 5.41) is 4.28. The third kappa shape index (κ3) is 1.96. The molecule has 0 aliphatic carbocycles. The highest BCUT2D eigenvalue weighted by Crippen LogP contribution is 2.21. The third-order valence-electron chi connectivity index (χ3n) is 3.92. The Morgan fingerprint density at radius 2 is 2.30 bits per heavy atom. The highest BCUT2D eigenvalue weighted by atomic mass is 16.2. The van der Waals surface area contributed by atoms with Crippen molar-refractivity contribution >= 4 is 11.6 Å². The van der Waals surface area contributed by atoms with Gasteiger partial charge in [-0.2, -0.15) is 5.10 Å². The van der Waals surface area contributed by atoms with E-state index in [4.69, 9.17) is 5.73 Å². The van der Waals surface area contributed by atoms with Gasteiger partial charge in [0.25, 0.3) is 5.91 Å². The van der Waals surface area contributed by atoms with E-state index < -0.39 is 0 Å². The number of nitrogens with zero attached hydrogens (tertiary/aromatic N) is 4. The minimum Gasteiger partial charge on any atom is -0.334 e. The van der Waals surface area contributed by atoms with E-state index >= 15 is 0 Å². The van der Waals surface area contributed by atoms with Crippen LogP contribution in [-0.2, 0) is 0 Å². The molecule has 1 saturated heterocycles. The fourth-order valence-electron chi connectivity index (χ4n) is 2.92. The Morgan fingerprint density at radius 3 is 3.05 bits per heavy atom. The summed E-state index contributed by atoms with van der Waals surface area (Å²) in [6, 6.07) is 2.09. The lowest BCUT2D eigenvalue weighted by Crippen LogP contribution is -2.39. The topological polar surface area (TPSA) is 76.5 Å². The van der Waals surface area contributed by atoms with Crippen molar-refractivity contribution in [2.24, 2.45) is 5.73 Å². The Hall–Kier alpha value is -1.95. The first-order chi connectivity index (χ1) is 9.61. The van der Waals surface area contributed by atoms with Crippen LogP contribution in [0.3, 0.4) is 0 Å². The number of hydrogen-bond donors (Lipinski definition) is 1. The number of carbonyl (C=O) groups excluding carboxylic acids is 1. The molecule has 1 fully saturated rings. The van der Waals surface area contributed by atoms with Gasteiger partial charge in [0.2, 0.25) is 0 Å². The van der Waals surface area contributed by atoms with E-state index in [0.717, 1.165) is 30.8 Å².